The molecule has 0 N–H and O–H groups in total. The minimum Gasteiger partial charge on any atom is -0.384 e. The van der Waals surface area contributed by atoms with Gasteiger partial charge < -0.3 is 4.74 Å². The Labute approximate surface area is 66.8 Å². The van der Waals surface area contributed by atoms with Crippen molar-refractivity contribution in [1.82, 2.24) is 0 Å². The monoisotopic (exact) mass is 184 g/mol. The lowest BCUT2D eigenvalue weighted by Crippen LogP contribution is -2.26. The van der Waals surface area contributed by atoms with Crippen molar-refractivity contribution in [2.24, 2.45) is 5.41 Å². The zero-order valence-corrected chi connectivity index (χ0v) is 7.74. The number of hydrogen-bond donors (Lipinski definition) is 0. The maximum absolute atomic E-state index is 12.1. The van der Waals surface area contributed by atoms with Gasteiger partial charge in [0.15, 0.2) is 0 Å². The molecule has 0 fully saturated rings. The fourth-order valence-corrected chi connectivity index (χ4v) is 1.92. The third kappa shape index (κ3) is 6.25. The van der Waals surface area contributed by atoms with Crippen LogP contribution in [0.15, 0.2) is 0 Å². The van der Waals surface area contributed by atoms with Crippen molar-refractivity contribution in [2.45, 2.75) is 13.8 Å². The summed E-state index contributed by atoms with van der Waals surface area (Å²) < 4.78 is 37.2. The highest BCUT2D eigenvalue weighted by Crippen LogP contribution is 2.18. The van der Waals surface area contributed by atoms with Crippen LogP contribution in [-0.2, 0) is 15.0 Å². The Morgan fingerprint density at radius 3 is 2.18 bits per heavy atom. The molecule has 0 unspecified atom stereocenters. The Morgan fingerprint density at radius 2 is 1.91 bits per heavy atom. The molecule has 5 heteroatoms. The smallest absolute Gasteiger partial charge is 0.303 e. The van der Waals surface area contributed by atoms with E-state index in [-0.39, 0.29) is 6.61 Å². The van der Waals surface area contributed by atoms with Gasteiger partial charge in [-0.3, -0.25) is 0 Å². The van der Waals surface area contributed by atoms with E-state index in [4.69, 9.17) is 4.74 Å². The molecular formula is C6H13FO3S. The van der Waals surface area contributed by atoms with Gasteiger partial charge in [-0.05, 0) is 0 Å². The SMILES string of the molecule is COCC(C)(C)CS(=O)(=O)F. The minimum atomic E-state index is -4.38. The second-order valence-corrected chi connectivity index (χ2v) is 4.65. The maximum atomic E-state index is 12.1. The lowest BCUT2D eigenvalue weighted by Gasteiger charge is -2.20. The van der Waals surface area contributed by atoms with Gasteiger partial charge in [0.1, 0.15) is 0 Å². The van der Waals surface area contributed by atoms with Crippen LogP contribution in [0.25, 0.3) is 0 Å². The molecule has 0 atom stereocenters. The van der Waals surface area contributed by atoms with Crippen molar-refractivity contribution in [3.63, 3.8) is 0 Å². The summed E-state index contributed by atoms with van der Waals surface area (Å²) in [5.41, 5.74) is -0.650. The Morgan fingerprint density at radius 1 is 1.45 bits per heavy atom. The van der Waals surface area contributed by atoms with Crippen LogP contribution in [0.3, 0.4) is 0 Å². The van der Waals surface area contributed by atoms with E-state index >= 15 is 0 Å². The van der Waals surface area contributed by atoms with Crippen molar-refractivity contribution < 1.29 is 17.0 Å². The number of hydrogen-bond acceptors (Lipinski definition) is 3. The molecule has 0 aliphatic heterocycles. The van der Waals surface area contributed by atoms with Crippen LogP contribution in [0.1, 0.15) is 13.8 Å². The van der Waals surface area contributed by atoms with Crippen molar-refractivity contribution in [1.29, 1.82) is 0 Å². The van der Waals surface area contributed by atoms with Crippen molar-refractivity contribution in [3.8, 4) is 0 Å². The Bertz CT molecular complexity index is 208. The second kappa shape index (κ2) is 3.49. The molecule has 0 aliphatic carbocycles. The fraction of sp³-hybridized carbons (Fsp3) is 1.00. The maximum Gasteiger partial charge on any atom is 0.303 e. The van der Waals surface area contributed by atoms with E-state index in [2.05, 4.69) is 0 Å². The van der Waals surface area contributed by atoms with Crippen LogP contribution >= 0.6 is 0 Å². The van der Waals surface area contributed by atoms with Gasteiger partial charge in [0.2, 0.25) is 0 Å². The summed E-state index contributed by atoms with van der Waals surface area (Å²) in [6.45, 7) is 3.50. The zero-order valence-electron chi connectivity index (χ0n) is 6.93. The van der Waals surface area contributed by atoms with E-state index in [0.717, 1.165) is 0 Å². The first-order valence-electron chi connectivity index (χ1n) is 3.18. The van der Waals surface area contributed by atoms with Gasteiger partial charge >= 0.3 is 10.2 Å². The summed E-state index contributed by atoms with van der Waals surface area (Å²) in [5.74, 6) is -0.492. The summed E-state index contributed by atoms with van der Waals surface area (Å²) in [6.07, 6.45) is 0. The Hall–Kier alpha value is -0.160. The third-order valence-corrected chi connectivity index (χ3v) is 2.22. The van der Waals surface area contributed by atoms with Crippen LogP contribution in [0, 0.1) is 5.41 Å². The Balaban J connectivity index is 4.13. The molecule has 3 nitrogen and oxygen atoms in total. The predicted molar refractivity (Wildman–Crippen MR) is 40.6 cm³/mol. The van der Waals surface area contributed by atoms with Crippen molar-refractivity contribution >= 4 is 10.2 Å². The summed E-state index contributed by atoms with van der Waals surface area (Å²) in [4.78, 5) is 0. The molecule has 0 spiro atoms. The first kappa shape index (κ1) is 10.8. The molecular weight excluding hydrogens is 171 g/mol. The number of halogens is 1. The molecule has 68 valence electrons. The highest BCUT2D eigenvalue weighted by molar-refractivity contribution is 7.86. The summed E-state index contributed by atoms with van der Waals surface area (Å²) in [6, 6.07) is 0. The quantitative estimate of drug-likeness (QED) is 0.611. The van der Waals surface area contributed by atoms with Gasteiger partial charge in [-0.25, -0.2) is 0 Å². The topological polar surface area (TPSA) is 43.4 Å². The van der Waals surface area contributed by atoms with E-state index in [1.54, 1.807) is 13.8 Å². The first-order valence-corrected chi connectivity index (χ1v) is 4.73. The van der Waals surface area contributed by atoms with Crippen LogP contribution < -0.4 is 0 Å². The molecule has 11 heavy (non-hydrogen) atoms. The molecule has 0 aliphatic rings. The Kier molecular flexibility index (Phi) is 3.44. The second-order valence-electron chi connectivity index (χ2n) is 3.28. The summed E-state index contributed by atoms with van der Waals surface area (Å²) in [5, 5.41) is 0. The van der Waals surface area contributed by atoms with Crippen molar-refractivity contribution in [3.05, 3.63) is 0 Å². The lowest BCUT2D eigenvalue weighted by molar-refractivity contribution is 0.117. The standard InChI is InChI=1S/C6H13FO3S/c1-6(2,4-10-3)5-11(7,8)9/h4-5H2,1-3H3. The number of ether oxygens (including phenoxy) is 1. The predicted octanol–water partition coefficient (Wildman–Crippen LogP) is 0.958. The molecule has 0 bridgehead atoms. The zero-order chi connectivity index (χ0) is 9.12. The minimum absolute atomic E-state index is 0.232. The highest BCUT2D eigenvalue weighted by Gasteiger charge is 2.25. The number of methoxy groups -OCH3 is 1. The van der Waals surface area contributed by atoms with E-state index in [0.29, 0.717) is 0 Å². The average molecular weight is 184 g/mol. The van der Waals surface area contributed by atoms with Gasteiger partial charge in [-0.2, -0.15) is 8.42 Å². The molecule has 0 aromatic rings. The van der Waals surface area contributed by atoms with E-state index in [1.165, 1.54) is 7.11 Å². The van der Waals surface area contributed by atoms with E-state index in [1.807, 2.05) is 0 Å². The highest BCUT2D eigenvalue weighted by atomic mass is 32.3. The summed E-state index contributed by atoms with van der Waals surface area (Å²) in [7, 11) is -2.93. The molecule has 0 radical (unpaired) electrons. The van der Waals surface area contributed by atoms with Crippen LogP contribution in [0.4, 0.5) is 3.89 Å². The van der Waals surface area contributed by atoms with Gasteiger partial charge in [-0.15, -0.1) is 3.89 Å². The molecule has 0 heterocycles. The largest absolute Gasteiger partial charge is 0.384 e. The molecule has 0 aromatic heterocycles. The first-order chi connectivity index (χ1) is 4.77. The molecule has 0 aromatic carbocycles. The van der Waals surface area contributed by atoms with Crippen molar-refractivity contribution in [2.75, 3.05) is 19.5 Å². The molecule has 0 saturated heterocycles. The molecule has 0 amide bonds. The van der Waals surface area contributed by atoms with Crippen LogP contribution in [-0.4, -0.2) is 27.9 Å². The van der Waals surface area contributed by atoms with Gasteiger partial charge in [0.25, 0.3) is 0 Å². The van der Waals surface area contributed by atoms with Gasteiger partial charge in [0.05, 0.1) is 12.4 Å². The van der Waals surface area contributed by atoms with Crippen LogP contribution in [0.5, 0.6) is 0 Å². The van der Waals surface area contributed by atoms with Gasteiger partial charge in [-0.1, -0.05) is 13.8 Å². The van der Waals surface area contributed by atoms with E-state index < -0.39 is 21.4 Å². The number of rotatable bonds is 4. The summed E-state index contributed by atoms with van der Waals surface area (Å²) >= 11 is 0. The van der Waals surface area contributed by atoms with Gasteiger partial charge in [0, 0.05) is 12.5 Å². The lowest BCUT2D eigenvalue weighted by atomic mass is 9.98. The van der Waals surface area contributed by atoms with Crippen LogP contribution in [0.2, 0.25) is 0 Å². The molecule has 0 saturated carbocycles. The molecule has 0 rings (SSSR count). The fourth-order valence-electron chi connectivity index (χ4n) is 0.899. The average Bonchev–Trinajstić information content (AvgIpc) is 1.55. The van der Waals surface area contributed by atoms with E-state index in [9.17, 15) is 12.3 Å². The normalized spacial score (nSPS) is 13.5. The third-order valence-electron chi connectivity index (χ3n) is 1.10.